The Morgan fingerprint density at radius 1 is 0.500 bits per heavy atom. The maximum atomic E-state index is 16.0. The molecule has 234 valence electrons. The second kappa shape index (κ2) is 10.6. The highest BCUT2D eigenvalue weighted by Gasteiger charge is 2.39. The van der Waals surface area contributed by atoms with Crippen molar-refractivity contribution in [2.75, 3.05) is 0 Å². The SMILES string of the molecule is Cc1cccc2c1c1c(C)cccc1n2-c1cc(-c2cccc(C#N)c2)cc(-n2c3cccc(C)c3c3c(C)cccc32)c1C(F)(F)F. The number of aryl methyl sites for hydroxylation is 4. The van der Waals surface area contributed by atoms with Crippen LogP contribution in [0.25, 0.3) is 66.1 Å². The van der Waals surface area contributed by atoms with E-state index in [0.29, 0.717) is 38.8 Å². The van der Waals surface area contributed by atoms with Crippen molar-refractivity contribution in [1.82, 2.24) is 9.13 Å². The van der Waals surface area contributed by atoms with Gasteiger partial charge in [0.25, 0.3) is 0 Å². The molecule has 0 spiro atoms. The Hall–Kier alpha value is -5.80. The monoisotopic (exact) mass is 633 g/mol. The largest absolute Gasteiger partial charge is 0.420 e. The molecule has 8 aromatic rings. The zero-order valence-corrected chi connectivity index (χ0v) is 26.9. The fourth-order valence-electron chi connectivity index (χ4n) is 7.62. The van der Waals surface area contributed by atoms with Crippen LogP contribution in [0.4, 0.5) is 13.2 Å². The number of aromatic nitrogens is 2. The van der Waals surface area contributed by atoms with Gasteiger partial charge < -0.3 is 9.13 Å². The lowest BCUT2D eigenvalue weighted by Crippen LogP contribution is -2.16. The molecule has 0 N–H and O–H groups in total. The molecule has 0 radical (unpaired) electrons. The third-order valence-corrected chi connectivity index (χ3v) is 9.65. The molecule has 0 bridgehead atoms. The predicted molar refractivity (Wildman–Crippen MR) is 189 cm³/mol. The molecule has 0 aliphatic heterocycles. The molecular formula is C42H30F3N3. The summed E-state index contributed by atoms with van der Waals surface area (Å²) in [4.78, 5) is 0. The van der Waals surface area contributed by atoms with Gasteiger partial charge in [-0.15, -0.1) is 0 Å². The molecule has 0 atom stereocenters. The van der Waals surface area contributed by atoms with E-state index in [0.717, 1.165) is 43.8 Å². The van der Waals surface area contributed by atoms with Crippen molar-refractivity contribution < 1.29 is 13.2 Å². The van der Waals surface area contributed by atoms with Gasteiger partial charge in [0.2, 0.25) is 0 Å². The zero-order chi connectivity index (χ0) is 33.5. The van der Waals surface area contributed by atoms with Crippen LogP contribution >= 0.6 is 0 Å². The van der Waals surface area contributed by atoms with Crippen molar-refractivity contribution in [2.24, 2.45) is 0 Å². The minimum absolute atomic E-state index is 0.0314. The molecule has 0 saturated carbocycles. The van der Waals surface area contributed by atoms with Gasteiger partial charge in [0.1, 0.15) is 5.56 Å². The second-order valence-electron chi connectivity index (χ2n) is 12.6. The molecule has 0 fully saturated rings. The molecule has 0 unspecified atom stereocenters. The Labute approximate surface area is 275 Å². The summed E-state index contributed by atoms with van der Waals surface area (Å²) in [6, 6.07) is 35.7. The molecule has 0 aliphatic carbocycles. The van der Waals surface area contributed by atoms with Crippen LogP contribution in [-0.2, 0) is 6.18 Å². The molecule has 0 amide bonds. The first-order chi connectivity index (χ1) is 23.1. The first kappa shape index (κ1) is 29.6. The van der Waals surface area contributed by atoms with Crippen LogP contribution in [0.2, 0.25) is 0 Å². The van der Waals surface area contributed by atoms with E-state index in [9.17, 15) is 5.26 Å². The van der Waals surface area contributed by atoms with E-state index in [2.05, 4.69) is 6.07 Å². The van der Waals surface area contributed by atoms with E-state index in [1.54, 1.807) is 39.5 Å². The number of nitrogens with zero attached hydrogens (tertiary/aromatic N) is 3. The highest BCUT2D eigenvalue weighted by atomic mass is 19.4. The predicted octanol–water partition coefficient (Wildman–Crippen LogP) is 11.7. The van der Waals surface area contributed by atoms with Crippen molar-refractivity contribution in [2.45, 2.75) is 33.9 Å². The Bertz CT molecular complexity index is 2400. The topological polar surface area (TPSA) is 33.6 Å². The fraction of sp³-hybridized carbons (Fsp3) is 0.119. The standard InChI is InChI=1S/C42H30F3N3/c1-24-10-5-16-31-37(24)38-25(2)11-6-17-32(38)47(31)35-21-30(29-15-9-14-28(20-29)23-46)22-36(41(35)42(43,44)45)48-33-18-7-12-26(3)39(33)40-27(4)13-8-19-34(40)48/h5-22H,1-4H3. The van der Waals surface area contributed by atoms with Crippen LogP contribution in [0.1, 0.15) is 33.4 Å². The first-order valence-corrected chi connectivity index (χ1v) is 15.8. The zero-order valence-electron chi connectivity index (χ0n) is 26.9. The Balaban J connectivity index is 1.64. The molecule has 3 nitrogen and oxygen atoms in total. The first-order valence-electron chi connectivity index (χ1n) is 15.8. The van der Waals surface area contributed by atoms with Crippen molar-refractivity contribution in [3.8, 4) is 28.6 Å². The van der Waals surface area contributed by atoms with E-state index in [4.69, 9.17) is 0 Å². The number of rotatable bonds is 3. The van der Waals surface area contributed by atoms with Crippen molar-refractivity contribution in [3.05, 3.63) is 143 Å². The van der Waals surface area contributed by atoms with Crippen LogP contribution in [0.5, 0.6) is 0 Å². The van der Waals surface area contributed by atoms with Gasteiger partial charge in [0.05, 0.1) is 45.1 Å². The maximum absolute atomic E-state index is 16.0. The minimum Gasteiger partial charge on any atom is -0.309 e. The molecule has 6 aromatic carbocycles. The highest BCUT2D eigenvalue weighted by molar-refractivity contribution is 6.14. The van der Waals surface area contributed by atoms with Crippen molar-refractivity contribution >= 4 is 43.6 Å². The van der Waals surface area contributed by atoms with Crippen LogP contribution in [0.15, 0.2) is 109 Å². The smallest absolute Gasteiger partial charge is 0.309 e. The molecule has 8 rings (SSSR count). The number of nitriles is 1. The summed E-state index contributed by atoms with van der Waals surface area (Å²) < 4.78 is 51.5. The number of benzene rings is 6. The Morgan fingerprint density at radius 2 is 0.875 bits per heavy atom. The number of halogens is 3. The summed E-state index contributed by atoms with van der Waals surface area (Å²) >= 11 is 0. The van der Waals surface area contributed by atoms with Crippen LogP contribution in [0, 0.1) is 39.0 Å². The molecule has 48 heavy (non-hydrogen) atoms. The number of hydrogen-bond acceptors (Lipinski definition) is 1. The lowest BCUT2D eigenvalue weighted by atomic mass is 9.98. The summed E-state index contributed by atoms with van der Waals surface area (Å²) in [5.41, 5.74) is 7.77. The van der Waals surface area contributed by atoms with Gasteiger partial charge in [0, 0.05) is 21.5 Å². The normalized spacial score (nSPS) is 12.0. The lowest BCUT2D eigenvalue weighted by Gasteiger charge is -2.23. The van der Waals surface area contributed by atoms with Gasteiger partial charge in [-0.3, -0.25) is 0 Å². The van der Waals surface area contributed by atoms with E-state index >= 15 is 13.2 Å². The average Bonchev–Trinajstić information content (AvgIpc) is 3.60. The quantitative estimate of drug-likeness (QED) is 0.191. The summed E-state index contributed by atoms with van der Waals surface area (Å²) in [6.45, 7) is 8.00. The van der Waals surface area contributed by atoms with Crippen molar-refractivity contribution in [3.63, 3.8) is 0 Å². The third-order valence-electron chi connectivity index (χ3n) is 9.65. The van der Waals surface area contributed by atoms with E-state index < -0.39 is 11.7 Å². The molecule has 0 aliphatic rings. The summed E-state index contributed by atoms with van der Waals surface area (Å²) in [5, 5.41) is 13.5. The molecule has 2 aromatic heterocycles. The van der Waals surface area contributed by atoms with Gasteiger partial charge in [-0.1, -0.05) is 60.7 Å². The summed E-state index contributed by atoms with van der Waals surface area (Å²) in [6.07, 6.45) is -4.73. The van der Waals surface area contributed by atoms with Gasteiger partial charge in [-0.25, -0.2) is 0 Å². The van der Waals surface area contributed by atoms with E-state index in [-0.39, 0.29) is 11.4 Å². The Kier molecular flexibility index (Phi) is 6.54. The highest BCUT2D eigenvalue weighted by Crippen LogP contribution is 2.47. The number of fused-ring (bicyclic) bond motifs is 6. The molecule has 2 heterocycles. The molecule has 0 saturated heterocycles. The fourth-order valence-corrected chi connectivity index (χ4v) is 7.62. The van der Waals surface area contributed by atoms with Gasteiger partial charge in [0.15, 0.2) is 0 Å². The van der Waals surface area contributed by atoms with Crippen LogP contribution < -0.4 is 0 Å². The summed E-state index contributed by atoms with van der Waals surface area (Å²) in [5.74, 6) is 0. The number of alkyl halides is 3. The third kappa shape index (κ3) is 4.28. The van der Waals surface area contributed by atoms with Crippen LogP contribution in [0.3, 0.4) is 0 Å². The second-order valence-corrected chi connectivity index (χ2v) is 12.6. The van der Waals surface area contributed by atoms with Crippen LogP contribution in [-0.4, -0.2) is 9.13 Å². The lowest BCUT2D eigenvalue weighted by molar-refractivity contribution is -0.137. The molecule has 6 heteroatoms. The van der Waals surface area contributed by atoms with E-state index in [1.807, 2.05) is 107 Å². The van der Waals surface area contributed by atoms with Crippen molar-refractivity contribution in [1.29, 1.82) is 5.26 Å². The maximum Gasteiger partial charge on any atom is 0.420 e. The van der Waals surface area contributed by atoms with Gasteiger partial charge in [-0.05, 0) is 110 Å². The van der Waals surface area contributed by atoms with Gasteiger partial charge in [-0.2, -0.15) is 18.4 Å². The summed E-state index contributed by atoms with van der Waals surface area (Å²) in [7, 11) is 0. The van der Waals surface area contributed by atoms with Gasteiger partial charge >= 0.3 is 6.18 Å². The van der Waals surface area contributed by atoms with E-state index in [1.165, 1.54) is 0 Å². The molecular weight excluding hydrogens is 603 g/mol. The number of hydrogen-bond donors (Lipinski definition) is 0. The Morgan fingerprint density at radius 3 is 1.23 bits per heavy atom. The average molecular weight is 634 g/mol. The minimum atomic E-state index is -4.73.